The lowest BCUT2D eigenvalue weighted by molar-refractivity contribution is -0.366. The maximum atomic E-state index is 13.1. The third-order valence-corrected chi connectivity index (χ3v) is 18.0. The highest BCUT2D eigenvalue weighted by Crippen LogP contribution is 2.77. The number of carboxylic acids is 1. The molecule has 334 valence electrons. The zero-order chi connectivity index (χ0) is 43.2. The van der Waals surface area contributed by atoms with E-state index in [1.54, 1.807) is 0 Å². The molecule has 59 heavy (non-hydrogen) atoms. The van der Waals surface area contributed by atoms with E-state index in [1.807, 2.05) is 0 Å². The maximum Gasteiger partial charge on any atom is 0.309 e. The summed E-state index contributed by atoms with van der Waals surface area (Å²) < 4.78 is 35.9. The molecular weight excluding hydrogens is 764 g/mol. The molecule has 20 atom stereocenters. The van der Waals surface area contributed by atoms with E-state index in [4.69, 9.17) is 28.4 Å². The zero-order valence-corrected chi connectivity index (χ0v) is 36.3. The molecule has 2 aliphatic heterocycles. The molecule has 0 amide bonds. The van der Waals surface area contributed by atoms with Gasteiger partial charge in [0, 0.05) is 19.3 Å². The normalized spacial score (nSPS) is 51.9. The van der Waals surface area contributed by atoms with E-state index in [-0.39, 0.29) is 53.1 Å². The van der Waals surface area contributed by atoms with Crippen LogP contribution in [0, 0.1) is 56.7 Å². The first-order valence-electron chi connectivity index (χ1n) is 22.1. The Hall–Kier alpha value is -2.17. The number of hydrogen-bond donors (Lipinski definition) is 5. The van der Waals surface area contributed by atoms with Gasteiger partial charge in [0.1, 0.15) is 24.4 Å². The monoisotopic (exact) mass is 834 g/mol. The fourth-order valence-electron chi connectivity index (χ4n) is 14.8. The fourth-order valence-corrected chi connectivity index (χ4v) is 14.8. The Balaban J connectivity index is 1.14. The van der Waals surface area contributed by atoms with Crippen LogP contribution in [0.2, 0.25) is 0 Å². The molecule has 2 heterocycles. The number of hydrogen-bond acceptors (Lipinski definition) is 13. The van der Waals surface area contributed by atoms with Gasteiger partial charge < -0.3 is 54.0 Å². The van der Waals surface area contributed by atoms with Gasteiger partial charge in [-0.2, -0.15) is 0 Å². The first kappa shape index (κ1) is 44.9. The van der Waals surface area contributed by atoms with Crippen molar-refractivity contribution in [3.8, 4) is 0 Å². The highest BCUT2D eigenvalue weighted by atomic mass is 16.8. The maximum absolute atomic E-state index is 13.1. The summed E-state index contributed by atoms with van der Waals surface area (Å²) in [5.74, 6) is -1.13. The van der Waals surface area contributed by atoms with Crippen LogP contribution in [-0.2, 0) is 42.8 Å². The molecule has 7 rings (SSSR count). The number of esters is 2. The second-order valence-electron chi connectivity index (χ2n) is 20.7. The highest BCUT2D eigenvalue weighted by Gasteiger charge is 2.72. The van der Waals surface area contributed by atoms with Crippen molar-refractivity contribution in [1.82, 2.24) is 0 Å². The number of carbonyl (C=O) groups is 3. The van der Waals surface area contributed by atoms with Gasteiger partial charge in [-0.05, 0) is 124 Å². The lowest BCUT2D eigenvalue weighted by Gasteiger charge is -2.73. The van der Waals surface area contributed by atoms with Crippen molar-refractivity contribution in [2.45, 2.75) is 181 Å². The van der Waals surface area contributed by atoms with Gasteiger partial charge in [0.2, 0.25) is 0 Å². The number of allylic oxidation sites excluding steroid dienone is 1. The summed E-state index contributed by atoms with van der Waals surface area (Å²) in [4.78, 5) is 37.4. The summed E-state index contributed by atoms with van der Waals surface area (Å²) in [7, 11) is 0. The number of rotatable bonds is 9. The molecule has 0 aromatic heterocycles. The van der Waals surface area contributed by atoms with Crippen molar-refractivity contribution in [2.24, 2.45) is 56.7 Å². The van der Waals surface area contributed by atoms with Crippen molar-refractivity contribution in [3.05, 3.63) is 12.2 Å². The number of carbonyl (C=O) groups excluding carboxylic acids is 2. The minimum atomic E-state index is -1.52. The van der Waals surface area contributed by atoms with Crippen LogP contribution in [-0.4, -0.2) is 118 Å². The molecule has 7 fully saturated rings. The quantitative estimate of drug-likeness (QED) is 0.123. The number of aliphatic hydroxyl groups is 4. The van der Waals surface area contributed by atoms with Crippen LogP contribution in [0.15, 0.2) is 12.2 Å². The minimum absolute atomic E-state index is 0.0447. The summed E-state index contributed by atoms with van der Waals surface area (Å²) in [6.45, 7) is 19.3. The van der Waals surface area contributed by atoms with Gasteiger partial charge in [-0.25, -0.2) is 0 Å². The lowest BCUT2D eigenvalue weighted by Crippen LogP contribution is -2.68. The van der Waals surface area contributed by atoms with Crippen LogP contribution in [0.3, 0.4) is 0 Å². The Morgan fingerprint density at radius 2 is 1.42 bits per heavy atom. The average Bonchev–Trinajstić information content (AvgIpc) is 3.57. The zero-order valence-electron chi connectivity index (χ0n) is 36.3. The summed E-state index contributed by atoms with van der Waals surface area (Å²) in [6, 6.07) is 0. The summed E-state index contributed by atoms with van der Waals surface area (Å²) >= 11 is 0. The molecule has 0 bridgehead atoms. The van der Waals surface area contributed by atoms with E-state index >= 15 is 0 Å². The Bertz CT molecular complexity index is 1640. The molecule has 7 aliphatic rings. The predicted octanol–water partition coefficient (Wildman–Crippen LogP) is 4.52. The van der Waals surface area contributed by atoms with Crippen molar-refractivity contribution in [2.75, 3.05) is 13.2 Å². The predicted molar refractivity (Wildman–Crippen MR) is 211 cm³/mol. The van der Waals surface area contributed by atoms with Crippen LogP contribution < -0.4 is 0 Å². The average molecular weight is 835 g/mol. The second kappa shape index (κ2) is 15.9. The highest BCUT2D eigenvalue weighted by molar-refractivity contribution is 5.76. The molecular formula is C45H70O14. The van der Waals surface area contributed by atoms with Gasteiger partial charge in [0.15, 0.2) is 24.8 Å². The number of aliphatic carboxylic acids is 1. The molecule has 5 saturated carbocycles. The van der Waals surface area contributed by atoms with Gasteiger partial charge >= 0.3 is 17.9 Å². The first-order chi connectivity index (χ1) is 27.6. The standard InChI is InChI=1S/C45H70O14/c1-22(2)26-12-17-45(40(52)53)19-18-43(8)27(32(26)45)10-11-30-41(6)15-14-31(42(7,21-46)29(41)13-16-44(30,43)9)58-38-36(34(51)28(49)20-54-38)59-39-37(57-25(5)48)35(56-24(4)47)33(50)23(3)55-39/h23,26-39,46,49-51H,1,10-21H2,2-9H3,(H,52,53)/t23-,26-,27?,28-,29+,30?,31-,32?,33-,34-,35+,36+,37+,38-,39-,41-,42-,43+,44+,45-/m0/s1. The summed E-state index contributed by atoms with van der Waals surface area (Å²) in [6.07, 6.45) is -4.21. The van der Waals surface area contributed by atoms with E-state index in [0.29, 0.717) is 18.8 Å². The Morgan fingerprint density at radius 3 is 2.05 bits per heavy atom. The lowest BCUT2D eigenvalue weighted by atomic mass is 9.32. The first-order valence-corrected chi connectivity index (χ1v) is 22.1. The van der Waals surface area contributed by atoms with Crippen LogP contribution in [0.5, 0.6) is 0 Å². The van der Waals surface area contributed by atoms with Gasteiger partial charge in [-0.15, -0.1) is 0 Å². The third kappa shape index (κ3) is 6.93. The van der Waals surface area contributed by atoms with E-state index in [0.717, 1.165) is 70.8 Å². The number of aliphatic hydroxyl groups excluding tert-OH is 4. The number of fused-ring (bicyclic) bond motifs is 7. The fraction of sp³-hybridized carbons (Fsp3) is 0.889. The molecule has 14 heteroatoms. The summed E-state index contributed by atoms with van der Waals surface area (Å²) in [5, 5.41) is 55.2. The number of ether oxygens (including phenoxy) is 6. The van der Waals surface area contributed by atoms with E-state index in [2.05, 4.69) is 41.2 Å². The molecule has 0 aromatic carbocycles. The van der Waals surface area contributed by atoms with Crippen LogP contribution in [0.1, 0.15) is 120 Å². The largest absolute Gasteiger partial charge is 0.481 e. The Labute approximate surface area is 348 Å². The number of carboxylic acid groups (broad SMARTS) is 1. The third-order valence-electron chi connectivity index (χ3n) is 18.0. The molecule has 14 nitrogen and oxygen atoms in total. The van der Waals surface area contributed by atoms with E-state index in [9.17, 15) is 39.9 Å². The second-order valence-corrected chi connectivity index (χ2v) is 20.7. The van der Waals surface area contributed by atoms with Gasteiger partial charge in [0.25, 0.3) is 0 Å². The molecule has 0 aromatic rings. The molecule has 5 aliphatic carbocycles. The SMILES string of the molecule is C=C(C)[C@@H]1CC[C@]2(C(=O)O)CC[C@]3(C)C(CCC4[C@@]5(C)CC[C@H](O[C@@H]6OC[C@H](O)[C@H](O)[C@H]6O[C@@H]6O[C@@H](C)[C@H](O)[C@@H](OC(C)=O)[C@H]6OC(C)=O)[C@@](C)(CO)[C@@H]5CC[C@]43C)C12. The minimum Gasteiger partial charge on any atom is -0.481 e. The molecule has 2 saturated heterocycles. The topological polar surface area (TPSA) is 208 Å². The smallest absolute Gasteiger partial charge is 0.309 e. The van der Waals surface area contributed by atoms with Crippen LogP contribution >= 0.6 is 0 Å². The Morgan fingerprint density at radius 1 is 0.746 bits per heavy atom. The van der Waals surface area contributed by atoms with Gasteiger partial charge in [0.05, 0.1) is 30.8 Å². The molecule has 0 spiro atoms. The van der Waals surface area contributed by atoms with Crippen molar-refractivity contribution in [1.29, 1.82) is 0 Å². The van der Waals surface area contributed by atoms with E-state index < -0.39 is 90.1 Å². The van der Waals surface area contributed by atoms with Crippen molar-refractivity contribution < 1.29 is 68.3 Å². The van der Waals surface area contributed by atoms with E-state index in [1.165, 1.54) is 6.92 Å². The van der Waals surface area contributed by atoms with Crippen LogP contribution in [0.25, 0.3) is 0 Å². The summed E-state index contributed by atoms with van der Waals surface area (Å²) in [5.41, 5.74) is -0.574. The van der Waals surface area contributed by atoms with Crippen LogP contribution in [0.4, 0.5) is 0 Å². The molecule has 5 N–H and O–H groups in total. The van der Waals surface area contributed by atoms with Gasteiger partial charge in [-0.1, -0.05) is 39.8 Å². The van der Waals surface area contributed by atoms with Crippen molar-refractivity contribution >= 4 is 17.9 Å². The molecule has 0 radical (unpaired) electrons. The Kier molecular flexibility index (Phi) is 12.1. The molecule has 3 unspecified atom stereocenters. The van der Waals surface area contributed by atoms with Crippen molar-refractivity contribution in [3.63, 3.8) is 0 Å². The van der Waals surface area contributed by atoms with Gasteiger partial charge in [-0.3, -0.25) is 14.4 Å².